The Morgan fingerprint density at radius 1 is 0.769 bits per heavy atom. The fourth-order valence-corrected chi connectivity index (χ4v) is 1.97. The summed E-state index contributed by atoms with van der Waals surface area (Å²) in [6, 6.07) is 14.7. The zero-order valence-electron chi connectivity index (χ0n) is 14.8. The number of rotatable bonds is 3. The van der Waals surface area contributed by atoms with Crippen LogP contribution in [0.1, 0.15) is 41.5 Å². The van der Waals surface area contributed by atoms with Crippen molar-refractivity contribution in [2.45, 2.75) is 26.4 Å². The van der Waals surface area contributed by atoms with E-state index >= 15 is 0 Å². The molecule has 0 atom stereocenters. The van der Waals surface area contributed by atoms with Gasteiger partial charge in [-0.05, 0) is 57.2 Å². The Morgan fingerprint density at radius 2 is 1.27 bits per heavy atom. The maximum Gasteiger partial charge on any atom is 0.412 e. The standard InChI is InChI=1S/C19H21N3O4/c1-19(2,3)26-18(25)20-15-11-9-14(10-12-15)17(24)22-21-16(23)13-7-5-4-6-8-13/h4-12H,1-3H3,(H,20,25)(H,21,23)(H,22,24). The van der Waals surface area contributed by atoms with Gasteiger partial charge in [-0.3, -0.25) is 25.8 Å². The second-order valence-corrected chi connectivity index (χ2v) is 6.48. The van der Waals surface area contributed by atoms with E-state index in [-0.39, 0.29) is 0 Å². The van der Waals surface area contributed by atoms with Gasteiger partial charge in [0.25, 0.3) is 11.8 Å². The quantitative estimate of drug-likeness (QED) is 0.737. The lowest BCUT2D eigenvalue weighted by Crippen LogP contribution is -2.41. The van der Waals surface area contributed by atoms with E-state index in [1.54, 1.807) is 63.2 Å². The van der Waals surface area contributed by atoms with Crippen molar-refractivity contribution >= 4 is 23.6 Å². The van der Waals surface area contributed by atoms with Crippen molar-refractivity contribution in [1.29, 1.82) is 0 Å². The zero-order chi connectivity index (χ0) is 19.2. The highest BCUT2D eigenvalue weighted by Crippen LogP contribution is 2.13. The lowest BCUT2D eigenvalue weighted by molar-refractivity contribution is 0.0635. The second kappa shape index (κ2) is 8.15. The summed E-state index contributed by atoms with van der Waals surface area (Å²) < 4.78 is 5.15. The molecule has 26 heavy (non-hydrogen) atoms. The molecular weight excluding hydrogens is 334 g/mol. The molecule has 2 aromatic carbocycles. The summed E-state index contributed by atoms with van der Waals surface area (Å²) in [6.07, 6.45) is -0.579. The van der Waals surface area contributed by atoms with E-state index in [4.69, 9.17) is 4.74 Å². The minimum atomic E-state index is -0.596. The molecule has 0 aliphatic carbocycles. The molecule has 3 amide bonds. The lowest BCUT2D eigenvalue weighted by Gasteiger charge is -2.19. The fourth-order valence-electron chi connectivity index (χ4n) is 1.97. The van der Waals surface area contributed by atoms with Gasteiger partial charge in [0.15, 0.2) is 0 Å². The molecule has 0 radical (unpaired) electrons. The maximum absolute atomic E-state index is 12.1. The molecule has 0 spiro atoms. The highest BCUT2D eigenvalue weighted by Gasteiger charge is 2.16. The molecule has 0 saturated carbocycles. The largest absolute Gasteiger partial charge is 0.444 e. The monoisotopic (exact) mass is 355 g/mol. The number of amides is 3. The lowest BCUT2D eigenvalue weighted by atomic mass is 10.2. The molecule has 7 heteroatoms. The number of anilines is 1. The fraction of sp³-hybridized carbons (Fsp3) is 0.211. The molecule has 0 saturated heterocycles. The number of hydrogen-bond acceptors (Lipinski definition) is 4. The van der Waals surface area contributed by atoms with E-state index in [0.29, 0.717) is 16.8 Å². The Kier molecular flexibility index (Phi) is 5.95. The van der Waals surface area contributed by atoms with Gasteiger partial charge in [-0.2, -0.15) is 0 Å². The molecule has 2 rings (SSSR count). The first kappa shape index (κ1) is 19.0. The van der Waals surface area contributed by atoms with Gasteiger partial charge in [0.1, 0.15) is 5.60 Å². The molecule has 0 aromatic heterocycles. The van der Waals surface area contributed by atoms with Gasteiger partial charge in [-0.15, -0.1) is 0 Å². The van der Waals surface area contributed by atoms with Gasteiger partial charge in [0.05, 0.1) is 0 Å². The molecule has 0 fully saturated rings. The van der Waals surface area contributed by atoms with Crippen molar-refractivity contribution in [2.75, 3.05) is 5.32 Å². The minimum absolute atomic E-state index is 0.327. The van der Waals surface area contributed by atoms with Crippen LogP contribution in [0, 0.1) is 0 Å². The topological polar surface area (TPSA) is 96.5 Å². The third-order valence-electron chi connectivity index (χ3n) is 3.12. The predicted octanol–water partition coefficient (Wildman–Crippen LogP) is 3.11. The summed E-state index contributed by atoms with van der Waals surface area (Å²) in [7, 11) is 0. The Bertz CT molecular complexity index is 781. The second-order valence-electron chi connectivity index (χ2n) is 6.48. The molecule has 0 heterocycles. The average molecular weight is 355 g/mol. The van der Waals surface area contributed by atoms with Gasteiger partial charge >= 0.3 is 6.09 Å². The number of carbonyl (C=O) groups is 3. The first-order valence-corrected chi connectivity index (χ1v) is 8.00. The van der Waals surface area contributed by atoms with Crippen molar-refractivity contribution in [3.63, 3.8) is 0 Å². The summed E-state index contributed by atoms with van der Waals surface area (Å²) in [5.74, 6) is -0.889. The number of carbonyl (C=O) groups excluding carboxylic acids is 3. The Balaban J connectivity index is 1.88. The maximum atomic E-state index is 12.1. The molecule has 0 aliphatic rings. The average Bonchev–Trinajstić information content (AvgIpc) is 2.59. The summed E-state index contributed by atoms with van der Waals surface area (Å²) in [5.41, 5.74) is 5.33. The highest BCUT2D eigenvalue weighted by molar-refractivity contribution is 5.99. The van der Waals surface area contributed by atoms with Crippen molar-refractivity contribution in [3.05, 3.63) is 65.7 Å². The normalized spacial score (nSPS) is 10.6. The highest BCUT2D eigenvalue weighted by atomic mass is 16.6. The third kappa shape index (κ3) is 5.94. The van der Waals surface area contributed by atoms with Gasteiger partial charge in [0, 0.05) is 16.8 Å². The molecule has 0 unspecified atom stereocenters. The van der Waals surface area contributed by atoms with Gasteiger partial charge < -0.3 is 4.74 Å². The molecule has 136 valence electrons. The van der Waals surface area contributed by atoms with Crippen LogP contribution in [-0.2, 0) is 4.74 Å². The van der Waals surface area contributed by atoms with Crippen LogP contribution in [0.5, 0.6) is 0 Å². The zero-order valence-corrected chi connectivity index (χ0v) is 14.8. The molecular formula is C19H21N3O4. The number of nitrogens with one attached hydrogen (secondary N) is 3. The van der Waals surface area contributed by atoms with Crippen LogP contribution in [0.4, 0.5) is 10.5 Å². The molecule has 2 aromatic rings. The van der Waals surface area contributed by atoms with Crippen molar-refractivity contribution in [1.82, 2.24) is 10.9 Å². The van der Waals surface area contributed by atoms with Gasteiger partial charge in [0.2, 0.25) is 0 Å². The first-order valence-electron chi connectivity index (χ1n) is 8.00. The molecule has 3 N–H and O–H groups in total. The Hall–Kier alpha value is -3.35. The van der Waals surface area contributed by atoms with E-state index in [2.05, 4.69) is 16.2 Å². The summed E-state index contributed by atoms with van der Waals surface area (Å²) in [4.78, 5) is 35.6. The van der Waals surface area contributed by atoms with E-state index in [1.165, 1.54) is 12.1 Å². The SMILES string of the molecule is CC(C)(C)OC(=O)Nc1ccc(C(=O)NNC(=O)c2ccccc2)cc1. The number of ether oxygens (including phenoxy) is 1. The van der Waals surface area contributed by atoms with Crippen LogP contribution in [0.3, 0.4) is 0 Å². The van der Waals surface area contributed by atoms with E-state index in [1.807, 2.05) is 0 Å². The van der Waals surface area contributed by atoms with Crippen LogP contribution in [-0.4, -0.2) is 23.5 Å². The van der Waals surface area contributed by atoms with Crippen LogP contribution >= 0.6 is 0 Å². The predicted molar refractivity (Wildman–Crippen MR) is 97.7 cm³/mol. The van der Waals surface area contributed by atoms with Crippen LogP contribution < -0.4 is 16.2 Å². The minimum Gasteiger partial charge on any atom is -0.444 e. The molecule has 0 bridgehead atoms. The van der Waals surface area contributed by atoms with E-state index in [9.17, 15) is 14.4 Å². The van der Waals surface area contributed by atoms with Crippen molar-refractivity contribution in [2.24, 2.45) is 0 Å². The summed E-state index contributed by atoms with van der Waals surface area (Å²) in [6.45, 7) is 5.30. The number of hydrogen-bond donors (Lipinski definition) is 3. The van der Waals surface area contributed by atoms with E-state index in [0.717, 1.165) is 0 Å². The van der Waals surface area contributed by atoms with Crippen LogP contribution in [0.15, 0.2) is 54.6 Å². The number of hydrazine groups is 1. The third-order valence-corrected chi connectivity index (χ3v) is 3.12. The number of benzene rings is 2. The van der Waals surface area contributed by atoms with Crippen LogP contribution in [0.25, 0.3) is 0 Å². The van der Waals surface area contributed by atoms with Gasteiger partial charge in [-0.25, -0.2) is 4.79 Å². The van der Waals surface area contributed by atoms with Gasteiger partial charge in [-0.1, -0.05) is 18.2 Å². The van der Waals surface area contributed by atoms with Crippen molar-refractivity contribution in [3.8, 4) is 0 Å². The van der Waals surface area contributed by atoms with Crippen LogP contribution in [0.2, 0.25) is 0 Å². The first-order chi connectivity index (χ1) is 12.2. The Labute approximate surface area is 151 Å². The van der Waals surface area contributed by atoms with Crippen molar-refractivity contribution < 1.29 is 19.1 Å². The summed E-state index contributed by atoms with van der Waals surface area (Å²) in [5, 5.41) is 2.57. The molecule has 7 nitrogen and oxygen atoms in total. The summed E-state index contributed by atoms with van der Waals surface area (Å²) >= 11 is 0. The van der Waals surface area contributed by atoms with E-state index < -0.39 is 23.5 Å². The Morgan fingerprint density at radius 3 is 1.77 bits per heavy atom. The molecule has 0 aliphatic heterocycles. The smallest absolute Gasteiger partial charge is 0.412 e.